The Morgan fingerprint density at radius 3 is 2.64 bits per heavy atom. The molecular formula is C21H22N6O. The van der Waals surface area contributed by atoms with E-state index in [1.54, 1.807) is 6.20 Å². The van der Waals surface area contributed by atoms with E-state index >= 15 is 0 Å². The molecule has 1 aromatic carbocycles. The Kier molecular flexibility index (Phi) is 4.27. The number of carbonyl (C=O) groups excluding carboxylic acids is 1. The van der Waals surface area contributed by atoms with Crippen molar-refractivity contribution in [2.45, 2.75) is 24.9 Å². The molecule has 4 heterocycles. The highest BCUT2D eigenvalue weighted by Gasteiger charge is 2.40. The molecule has 0 spiro atoms. The summed E-state index contributed by atoms with van der Waals surface area (Å²) in [6.07, 6.45) is 5.66. The van der Waals surface area contributed by atoms with Crippen LogP contribution in [0.4, 0.5) is 5.82 Å². The average Bonchev–Trinajstić information content (AvgIpc) is 3.38. The molecule has 0 aliphatic carbocycles. The third-order valence-electron chi connectivity index (χ3n) is 5.61. The minimum atomic E-state index is -0.105. The molecule has 2 aliphatic heterocycles. The van der Waals surface area contributed by atoms with E-state index < -0.39 is 0 Å². The van der Waals surface area contributed by atoms with Crippen LogP contribution < -0.4 is 4.90 Å². The lowest BCUT2D eigenvalue weighted by Crippen LogP contribution is -2.56. The second kappa shape index (κ2) is 7.07. The van der Waals surface area contributed by atoms with Crippen LogP contribution in [0.3, 0.4) is 0 Å². The number of hydrogen-bond acceptors (Lipinski definition) is 5. The van der Waals surface area contributed by atoms with Gasteiger partial charge in [-0.25, -0.2) is 9.67 Å². The van der Waals surface area contributed by atoms with Gasteiger partial charge in [0.25, 0.3) is 0 Å². The van der Waals surface area contributed by atoms with Gasteiger partial charge in [0.05, 0.1) is 12.2 Å². The second-order valence-corrected chi connectivity index (χ2v) is 7.39. The number of benzene rings is 1. The average molecular weight is 374 g/mol. The van der Waals surface area contributed by atoms with Crippen LogP contribution in [0.5, 0.6) is 0 Å². The maximum Gasteiger partial charge on any atom is 0.245 e. The summed E-state index contributed by atoms with van der Waals surface area (Å²) in [6, 6.07) is 16.0. The van der Waals surface area contributed by atoms with Crippen LogP contribution in [0.15, 0.2) is 60.9 Å². The number of anilines is 1. The molecule has 1 atom stereocenters. The molecule has 3 aromatic rings. The summed E-state index contributed by atoms with van der Waals surface area (Å²) in [7, 11) is 0. The lowest BCUT2D eigenvalue weighted by atomic mass is 10.1. The fourth-order valence-electron chi connectivity index (χ4n) is 4.03. The Morgan fingerprint density at radius 2 is 1.86 bits per heavy atom. The van der Waals surface area contributed by atoms with Crippen LogP contribution in [0, 0.1) is 0 Å². The van der Waals surface area contributed by atoms with Gasteiger partial charge in [-0.05, 0) is 25.0 Å². The van der Waals surface area contributed by atoms with Crippen molar-refractivity contribution in [3.05, 3.63) is 60.9 Å². The maximum absolute atomic E-state index is 13.0. The molecule has 28 heavy (non-hydrogen) atoms. The molecule has 1 amide bonds. The van der Waals surface area contributed by atoms with Gasteiger partial charge in [0.2, 0.25) is 5.91 Å². The topological polar surface area (TPSA) is 67.2 Å². The summed E-state index contributed by atoms with van der Waals surface area (Å²) in [6.45, 7) is 2.25. The maximum atomic E-state index is 13.0. The van der Waals surface area contributed by atoms with E-state index in [0.29, 0.717) is 13.1 Å². The van der Waals surface area contributed by atoms with Gasteiger partial charge in [0, 0.05) is 31.4 Å². The zero-order chi connectivity index (χ0) is 18.9. The quantitative estimate of drug-likeness (QED) is 0.701. The van der Waals surface area contributed by atoms with Crippen molar-refractivity contribution >= 4 is 11.7 Å². The van der Waals surface area contributed by atoms with Crippen molar-refractivity contribution in [3.8, 4) is 11.3 Å². The summed E-state index contributed by atoms with van der Waals surface area (Å²) < 4.78 is 1.89. The first kappa shape index (κ1) is 16.9. The normalized spacial score (nSPS) is 19.6. The van der Waals surface area contributed by atoms with Crippen molar-refractivity contribution in [3.63, 3.8) is 0 Å². The number of carbonyl (C=O) groups is 1. The SMILES string of the molecule is O=C(C1CCCN1c1ccccn1)N1CC(n2cc(-c3ccccc3)nn2)C1. The molecule has 2 fully saturated rings. The third-order valence-corrected chi connectivity index (χ3v) is 5.61. The highest BCUT2D eigenvalue weighted by Crippen LogP contribution is 2.29. The first-order valence-corrected chi connectivity index (χ1v) is 9.73. The molecule has 0 radical (unpaired) electrons. The Hall–Kier alpha value is -3.22. The number of pyridine rings is 1. The Labute approximate surface area is 163 Å². The number of amides is 1. The van der Waals surface area contributed by atoms with Crippen molar-refractivity contribution in [1.82, 2.24) is 24.9 Å². The summed E-state index contributed by atoms with van der Waals surface area (Å²) in [5, 5.41) is 8.56. The van der Waals surface area contributed by atoms with E-state index in [-0.39, 0.29) is 18.0 Å². The molecule has 7 heteroatoms. The number of likely N-dealkylation sites (tertiary alicyclic amines) is 1. The molecule has 0 N–H and O–H groups in total. The van der Waals surface area contributed by atoms with Crippen LogP contribution in [-0.2, 0) is 4.79 Å². The molecule has 5 rings (SSSR count). The molecule has 0 saturated carbocycles. The highest BCUT2D eigenvalue weighted by molar-refractivity contribution is 5.86. The van der Waals surface area contributed by atoms with E-state index in [1.165, 1.54) is 0 Å². The zero-order valence-corrected chi connectivity index (χ0v) is 15.6. The van der Waals surface area contributed by atoms with Gasteiger partial charge in [-0.1, -0.05) is 41.6 Å². The van der Waals surface area contributed by atoms with E-state index in [9.17, 15) is 4.79 Å². The smallest absolute Gasteiger partial charge is 0.245 e. The first-order valence-electron chi connectivity index (χ1n) is 9.73. The highest BCUT2D eigenvalue weighted by atomic mass is 16.2. The number of rotatable bonds is 4. The van der Waals surface area contributed by atoms with E-state index in [0.717, 1.165) is 36.5 Å². The Bertz CT molecular complexity index is 951. The largest absolute Gasteiger partial charge is 0.345 e. The lowest BCUT2D eigenvalue weighted by molar-refractivity contribution is -0.138. The molecule has 7 nitrogen and oxygen atoms in total. The van der Waals surface area contributed by atoms with Crippen molar-refractivity contribution in [2.24, 2.45) is 0 Å². The van der Waals surface area contributed by atoms with Crippen LogP contribution in [0.25, 0.3) is 11.3 Å². The Morgan fingerprint density at radius 1 is 1.04 bits per heavy atom. The minimum absolute atomic E-state index is 0.105. The zero-order valence-electron chi connectivity index (χ0n) is 15.6. The summed E-state index contributed by atoms with van der Waals surface area (Å²) >= 11 is 0. The van der Waals surface area contributed by atoms with Crippen LogP contribution >= 0.6 is 0 Å². The van der Waals surface area contributed by atoms with Gasteiger partial charge in [0.1, 0.15) is 17.6 Å². The molecular weight excluding hydrogens is 352 g/mol. The number of nitrogens with zero attached hydrogens (tertiary/aromatic N) is 6. The lowest BCUT2D eigenvalue weighted by Gasteiger charge is -2.41. The van der Waals surface area contributed by atoms with E-state index in [4.69, 9.17) is 0 Å². The molecule has 142 valence electrons. The van der Waals surface area contributed by atoms with Gasteiger partial charge in [-0.3, -0.25) is 4.79 Å². The van der Waals surface area contributed by atoms with E-state index in [1.807, 2.05) is 64.3 Å². The molecule has 2 aliphatic rings. The van der Waals surface area contributed by atoms with Crippen LogP contribution in [-0.4, -0.2) is 56.5 Å². The Balaban J connectivity index is 1.23. The summed E-state index contributed by atoms with van der Waals surface area (Å²) in [4.78, 5) is 21.5. The molecule has 2 aromatic heterocycles. The fourth-order valence-corrected chi connectivity index (χ4v) is 4.03. The monoisotopic (exact) mass is 374 g/mol. The van der Waals surface area contributed by atoms with Crippen LogP contribution in [0.1, 0.15) is 18.9 Å². The minimum Gasteiger partial charge on any atom is -0.345 e. The van der Waals surface area contributed by atoms with Crippen molar-refractivity contribution in [1.29, 1.82) is 0 Å². The third kappa shape index (κ3) is 3.02. The van der Waals surface area contributed by atoms with Gasteiger partial charge in [-0.15, -0.1) is 5.10 Å². The number of aromatic nitrogens is 4. The molecule has 0 bridgehead atoms. The van der Waals surface area contributed by atoms with Crippen molar-refractivity contribution in [2.75, 3.05) is 24.5 Å². The fraction of sp³-hybridized carbons (Fsp3) is 0.333. The molecule has 2 saturated heterocycles. The second-order valence-electron chi connectivity index (χ2n) is 7.39. The van der Waals surface area contributed by atoms with Gasteiger partial charge >= 0.3 is 0 Å². The standard InChI is InChI=1S/C21H22N6O/c28-21(19-9-6-12-26(19)20-10-4-5-11-22-20)25-13-17(14-25)27-15-18(23-24-27)16-7-2-1-3-8-16/h1-5,7-8,10-11,15,17,19H,6,9,12-14H2. The van der Waals surface area contributed by atoms with Crippen LogP contribution in [0.2, 0.25) is 0 Å². The predicted molar refractivity (Wildman–Crippen MR) is 106 cm³/mol. The van der Waals surface area contributed by atoms with Gasteiger partial charge in [-0.2, -0.15) is 0 Å². The van der Waals surface area contributed by atoms with Crippen molar-refractivity contribution < 1.29 is 4.79 Å². The first-order chi connectivity index (χ1) is 13.8. The number of hydrogen-bond donors (Lipinski definition) is 0. The van der Waals surface area contributed by atoms with Gasteiger partial charge < -0.3 is 9.80 Å². The summed E-state index contributed by atoms with van der Waals surface area (Å²) in [5.41, 5.74) is 1.92. The molecule has 1 unspecified atom stereocenters. The predicted octanol–water partition coefficient (Wildman–Crippen LogP) is 2.39. The summed E-state index contributed by atoms with van der Waals surface area (Å²) in [5.74, 6) is 1.09. The van der Waals surface area contributed by atoms with E-state index in [2.05, 4.69) is 20.2 Å². The van der Waals surface area contributed by atoms with Gasteiger partial charge in [0.15, 0.2) is 0 Å².